The van der Waals surface area contributed by atoms with E-state index in [1.165, 1.54) is 0 Å². The van der Waals surface area contributed by atoms with Crippen LogP contribution in [0.5, 0.6) is 5.75 Å². The minimum absolute atomic E-state index is 0.0720. The van der Waals surface area contributed by atoms with Crippen LogP contribution < -0.4 is 9.64 Å². The maximum absolute atomic E-state index is 12.6. The predicted molar refractivity (Wildman–Crippen MR) is 120 cm³/mol. The lowest BCUT2D eigenvalue weighted by Crippen LogP contribution is -2.50. The van der Waals surface area contributed by atoms with Gasteiger partial charge in [-0.3, -0.25) is 4.79 Å². The number of aromatic nitrogens is 1. The molecule has 31 heavy (non-hydrogen) atoms. The molecule has 0 radical (unpaired) electrons. The molecule has 0 saturated carbocycles. The molecule has 6 nitrogen and oxygen atoms in total. The topological polar surface area (TPSA) is 69.5 Å². The van der Waals surface area contributed by atoms with Gasteiger partial charge in [0, 0.05) is 32.4 Å². The van der Waals surface area contributed by atoms with Gasteiger partial charge in [-0.25, -0.2) is 4.98 Å². The number of carbonyl (C=O) groups excluding carboxylic acids is 1. The summed E-state index contributed by atoms with van der Waals surface area (Å²) in [5, 5.41) is 9.73. The molecule has 0 spiro atoms. The van der Waals surface area contributed by atoms with Crippen LogP contribution in [0, 0.1) is 11.3 Å². The monoisotopic (exact) mass is 432 g/mol. The Balaban J connectivity index is 1.32. The van der Waals surface area contributed by atoms with Crippen LogP contribution in [-0.2, 0) is 4.79 Å². The molecule has 7 heteroatoms. The summed E-state index contributed by atoms with van der Waals surface area (Å²) in [6.07, 6.45) is 1.67. The van der Waals surface area contributed by atoms with Crippen LogP contribution >= 0.6 is 11.6 Å². The number of nitriles is 1. The molecule has 1 aliphatic heterocycles. The lowest BCUT2D eigenvalue weighted by molar-refractivity contribution is -0.133. The highest BCUT2D eigenvalue weighted by molar-refractivity contribution is 6.32. The van der Waals surface area contributed by atoms with Crippen LogP contribution in [0.25, 0.3) is 11.1 Å². The second-order valence-corrected chi connectivity index (χ2v) is 7.56. The van der Waals surface area contributed by atoms with Gasteiger partial charge in [0.05, 0.1) is 10.6 Å². The highest BCUT2D eigenvalue weighted by Gasteiger charge is 2.23. The molecule has 0 unspecified atom stereocenters. The summed E-state index contributed by atoms with van der Waals surface area (Å²) >= 11 is 6.37. The van der Waals surface area contributed by atoms with E-state index in [2.05, 4.69) is 11.1 Å². The summed E-state index contributed by atoms with van der Waals surface area (Å²) in [7, 11) is 0. The van der Waals surface area contributed by atoms with Crippen molar-refractivity contribution in [2.45, 2.75) is 0 Å². The zero-order valence-electron chi connectivity index (χ0n) is 16.9. The third kappa shape index (κ3) is 4.79. The molecule has 2 heterocycles. The first-order valence-corrected chi connectivity index (χ1v) is 10.4. The molecule has 0 atom stereocenters. The van der Waals surface area contributed by atoms with Gasteiger partial charge in [-0.05, 0) is 35.4 Å². The molecule has 0 N–H and O–H groups in total. The number of rotatable bonds is 5. The van der Waals surface area contributed by atoms with Gasteiger partial charge >= 0.3 is 0 Å². The van der Waals surface area contributed by atoms with Crippen molar-refractivity contribution in [1.82, 2.24) is 9.88 Å². The summed E-state index contributed by atoms with van der Waals surface area (Å²) < 4.78 is 5.70. The number of piperazine rings is 1. The largest absolute Gasteiger partial charge is 0.482 e. The number of benzene rings is 2. The molecule has 156 valence electrons. The molecule has 3 aromatic rings. The van der Waals surface area contributed by atoms with Crippen LogP contribution in [0.4, 0.5) is 5.82 Å². The minimum atomic E-state index is -0.0932. The van der Waals surface area contributed by atoms with E-state index < -0.39 is 0 Å². The summed E-state index contributed by atoms with van der Waals surface area (Å²) in [5.41, 5.74) is 2.60. The molecule has 0 bridgehead atoms. The number of pyridine rings is 1. The molecule has 1 amide bonds. The van der Waals surface area contributed by atoms with E-state index in [0.717, 1.165) is 11.1 Å². The zero-order chi connectivity index (χ0) is 21.6. The second-order valence-electron chi connectivity index (χ2n) is 7.15. The van der Waals surface area contributed by atoms with E-state index in [1.54, 1.807) is 29.3 Å². The second kappa shape index (κ2) is 9.50. The lowest BCUT2D eigenvalue weighted by atomic mass is 10.1. The van der Waals surface area contributed by atoms with Crippen molar-refractivity contribution >= 4 is 23.3 Å². The fraction of sp³-hybridized carbons (Fsp3) is 0.208. The van der Waals surface area contributed by atoms with Crippen LogP contribution in [0.1, 0.15) is 5.56 Å². The molecular formula is C24H21ClN4O2. The first-order chi connectivity index (χ1) is 15.2. The highest BCUT2D eigenvalue weighted by Crippen LogP contribution is 2.30. The molecule has 1 fully saturated rings. The Labute approximate surface area is 186 Å². The molecule has 4 rings (SSSR count). The van der Waals surface area contributed by atoms with Crippen molar-refractivity contribution in [3.63, 3.8) is 0 Å². The van der Waals surface area contributed by atoms with Gasteiger partial charge in [-0.1, -0.05) is 48.0 Å². The first kappa shape index (κ1) is 20.7. The molecular weight excluding hydrogens is 412 g/mol. The fourth-order valence-electron chi connectivity index (χ4n) is 3.56. The Bertz CT molecular complexity index is 1110. The average molecular weight is 433 g/mol. The fourth-order valence-corrected chi connectivity index (χ4v) is 3.80. The van der Waals surface area contributed by atoms with Gasteiger partial charge < -0.3 is 14.5 Å². The Morgan fingerprint density at radius 2 is 1.81 bits per heavy atom. The van der Waals surface area contributed by atoms with Crippen molar-refractivity contribution in [1.29, 1.82) is 5.26 Å². The van der Waals surface area contributed by atoms with Gasteiger partial charge in [0.25, 0.3) is 5.91 Å². The Morgan fingerprint density at radius 3 is 2.52 bits per heavy atom. The maximum Gasteiger partial charge on any atom is 0.260 e. The number of carbonyl (C=O) groups is 1. The van der Waals surface area contributed by atoms with E-state index in [4.69, 9.17) is 16.3 Å². The van der Waals surface area contributed by atoms with Crippen LogP contribution in [-0.4, -0.2) is 48.6 Å². The number of ether oxygens (including phenoxy) is 1. The summed E-state index contributed by atoms with van der Waals surface area (Å²) in [5.74, 6) is 1.06. The van der Waals surface area contributed by atoms with Crippen molar-refractivity contribution < 1.29 is 9.53 Å². The number of anilines is 1. The lowest BCUT2D eigenvalue weighted by Gasteiger charge is -2.35. The minimum Gasteiger partial charge on any atom is -0.482 e. The molecule has 2 aromatic carbocycles. The van der Waals surface area contributed by atoms with Gasteiger partial charge in [-0.2, -0.15) is 5.26 Å². The van der Waals surface area contributed by atoms with Crippen molar-refractivity contribution in [2.24, 2.45) is 0 Å². The van der Waals surface area contributed by atoms with E-state index in [1.807, 2.05) is 47.4 Å². The normalized spacial score (nSPS) is 13.5. The third-order valence-electron chi connectivity index (χ3n) is 5.23. The number of halogens is 1. The Morgan fingerprint density at radius 1 is 1.03 bits per heavy atom. The average Bonchev–Trinajstić information content (AvgIpc) is 2.83. The highest BCUT2D eigenvalue weighted by atomic mass is 35.5. The number of hydrogen-bond donors (Lipinski definition) is 0. The van der Waals surface area contributed by atoms with Crippen molar-refractivity contribution in [2.75, 3.05) is 37.7 Å². The van der Waals surface area contributed by atoms with E-state index in [-0.39, 0.29) is 12.5 Å². The Hall–Kier alpha value is -3.56. The van der Waals surface area contributed by atoms with Gasteiger partial charge in [-0.15, -0.1) is 0 Å². The van der Waals surface area contributed by atoms with Gasteiger partial charge in [0.2, 0.25) is 0 Å². The molecule has 0 aliphatic carbocycles. The quantitative estimate of drug-likeness (QED) is 0.609. The van der Waals surface area contributed by atoms with Crippen LogP contribution in [0.15, 0.2) is 66.9 Å². The van der Waals surface area contributed by atoms with E-state index in [9.17, 15) is 10.1 Å². The molecule has 1 aromatic heterocycles. The van der Waals surface area contributed by atoms with Crippen LogP contribution in [0.2, 0.25) is 5.02 Å². The smallest absolute Gasteiger partial charge is 0.260 e. The molecule has 1 saturated heterocycles. The first-order valence-electron chi connectivity index (χ1n) is 10.0. The predicted octanol–water partition coefficient (Wildman–Crippen LogP) is 4.00. The van der Waals surface area contributed by atoms with Crippen molar-refractivity contribution in [3.05, 3.63) is 77.4 Å². The summed E-state index contributed by atoms with van der Waals surface area (Å²) in [4.78, 5) is 20.7. The number of hydrogen-bond acceptors (Lipinski definition) is 5. The zero-order valence-corrected chi connectivity index (χ0v) is 17.6. The number of nitrogens with zero attached hydrogens (tertiary/aromatic N) is 4. The molecule has 1 aliphatic rings. The summed E-state index contributed by atoms with van der Waals surface area (Å²) in [6.45, 7) is 2.25. The maximum atomic E-state index is 12.6. The number of amides is 1. The third-order valence-corrected chi connectivity index (χ3v) is 5.52. The standard InChI is InChI=1S/C24H21ClN4O2/c25-21-15-19(18-5-2-1-3-6-18)8-9-22(21)31-17-23(30)28-11-13-29(14-12-28)24-20(16-26)7-4-10-27-24/h1-10,15H,11-14,17H2. The van der Waals surface area contributed by atoms with Gasteiger partial charge in [0.1, 0.15) is 17.6 Å². The Kier molecular flexibility index (Phi) is 6.34. The van der Waals surface area contributed by atoms with Crippen LogP contribution in [0.3, 0.4) is 0 Å². The van der Waals surface area contributed by atoms with Crippen molar-refractivity contribution in [3.8, 4) is 22.9 Å². The van der Waals surface area contributed by atoms with E-state index >= 15 is 0 Å². The SMILES string of the molecule is N#Cc1cccnc1N1CCN(C(=O)COc2ccc(-c3ccccc3)cc2Cl)CC1. The van der Waals surface area contributed by atoms with Gasteiger partial charge in [0.15, 0.2) is 6.61 Å². The van der Waals surface area contributed by atoms with E-state index in [0.29, 0.717) is 48.3 Å². The summed E-state index contributed by atoms with van der Waals surface area (Å²) in [6, 6.07) is 21.2.